The first-order chi connectivity index (χ1) is 12.0. The topological polar surface area (TPSA) is 88.6 Å². The fourth-order valence-electron chi connectivity index (χ4n) is 3.46. The molecule has 8 heteroatoms. The molecule has 1 aliphatic heterocycles. The number of carbonyl (C=O) groups is 1. The highest BCUT2D eigenvalue weighted by atomic mass is 32.2. The van der Waals surface area contributed by atoms with Crippen molar-refractivity contribution in [3.05, 3.63) is 24.5 Å². The molecular formula is C17H25N3O4S. The molecule has 1 N–H and O–H groups in total. The Hall–Kier alpha value is -1.67. The fourth-order valence-corrected chi connectivity index (χ4v) is 5.20. The molecule has 25 heavy (non-hydrogen) atoms. The van der Waals surface area contributed by atoms with Crippen molar-refractivity contribution in [1.82, 2.24) is 14.6 Å². The number of ether oxygens (including phenoxy) is 1. The van der Waals surface area contributed by atoms with E-state index in [0.717, 1.165) is 25.7 Å². The standard InChI is InChI=1S/C17H25N3O4S/c21-17(13-24-15-7-3-9-18-11-15)20-10-4-8-16(12-20)25(22,23)19-14-5-1-2-6-14/h3,7,9,11,14,16,19H,1-2,4-6,8,10,12-13H2/t16-/m1/s1. The van der Waals surface area contributed by atoms with E-state index in [9.17, 15) is 13.2 Å². The van der Waals surface area contributed by atoms with E-state index < -0.39 is 15.3 Å². The minimum Gasteiger partial charge on any atom is -0.482 e. The highest BCUT2D eigenvalue weighted by molar-refractivity contribution is 7.90. The number of pyridine rings is 1. The second-order valence-electron chi connectivity index (χ2n) is 6.73. The van der Waals surface area contributed by atoms with Gasteiger partial charge in [0.2, 0.25) is 10.0 Å². The highest BCUT2D eigenvalue weighted by Crippen LogP contribution is 2.22. The van der Waals surface area contributed by atoms with Crippen LogP contribution in [-0.2, 0) is 14.8 Å². The Labute approximate surface area is 148 Å². The van der Waals surface area contributed by atoms with E-state index in [-0.39, 0.29) is 25.1 Å². The number of likely N-dealkylation sites (tertiary alicyclic amines) is 1. The van der Waals surface area contributed by atoms with Crippen LogP contribution in [-0.4, -0.2) is 55.2 Å². The SMILES string of the molecule is O=C(COc1cccnc1)N1CCC[C@@H](S(=O)(=O)NC2CCCC2)C1. The van der Waals surface area contributed by atoms with Crippen molar-refractivity contribution in [2.24, 2.45) is 0 Å². The summed E-state index contributed by atoms with van der Waals surface area (Å²) in [4.78, 5) is 17.9. The van der Waals surface area contributed by atoms with Gasteiger partial charge in [-0.1, -0.05) is 12.8 Å². The predicted molar refractivity (Wildman–Crippen MR) is 93.6 cm³/mol. The molecule has 2 aliphatic rings. The largest absolute Gasteiger partial charge is 0.482 e. The first kappa shape index (κ1) is 18.1. The Morgan fingerprint density at radius 2 is 2.08 bits per heavy atom. The van der Waals surface area contributed by atoms with Crippen molar-refractivity contribution in [2.45, 2.75) is 49.8 Å². The molecule has 1 atom stereocenters. The van der Waals surface area contributed by atoms with Crippen molar-refractivity contribution < 1.29 is 17.9 Å². The van der Waals surface area contributed by atoms with Gasteiger partial charge in [0.25, 0.3) is 5.91 Å². The first-order valence-electron chi connectivity index (χ1n) is 8.86. The lowest BCUT2D eigenvalue weighted by molar-refractivity contribution is -0.134. The maximum atomic E-state index is 12.6. The van der Waals surface area contributed by atoms with Crippen molar-refractivity contribution >= 4 is 15.9 Å². The van der Waals surface area contributed by atoms with Crippen LogP contribution in [0.1, 0.15) is 38.5 Å². The molecule has 7 nitrogen and oxygen atoms in total. The van der Waals surface area contributed by atoms with E-state index in [1.807, 2.05) is 0 Å². The number of carbonyl (C=O) groups excluding carboxylic acids is 1. The number of rotatable bonds is 6. The number of hydrogen-bond donors (Lipinski definition) is 1. The molecule has 2 fully saturated rings. The molecule has 3 rings (SSSR count). The van der Waals surface area contributed by atoms with Crippen LogP contribution < -0.4 is 9.46 Å². The van der Waals surface area contributed by atoms with E-state index in [1.165, 1.54) is 0 Å². The predicted octanol–water partition coefficient (Wildman–Crippen LogP) is 1.31. The molecule has 138 valence electrons. The number of nitrogens with zero attached hydrogens (tertiary/aromatic N) is 2. The van der Waals surface area contributed by atoms with E-state index in [1.54, 1.807) is 29.4 Å². The quantitative estimate of drug-likeness (QED) is 0.819. The summed E-state index contributed by atoms with van der Waals surface area (Å²) in [6.07, 6.45) is 8.43. The monoisotopic (exact) mass is 367 g/mol. The molecule has 1 aliphatic carbocycles. The Morgan fingerprint density at radius 1 is 1.28 bits per heavy atom. The lowest BCUT2D eigenvalue weighted by Gasteiger charge is -2.33. The number of amides is 1. The Balaban J connectivity index is 1.53. The van der Waals surface area contributed by atoms with E-state index in [2.05, 4.69) is 9.71 Å². The average molecular weight is 367 g/mol. The van der Waals surface area contributed by atoms with Crippen LogP contribution in [0.2, 0.25) is 0 Å². The van der Waals surface area contributed by atoms with Crippen LogP contribution in [0.25, 0.3) is 0 Å². The van der Waals surface area contributed by atoms with E-state index in [0.29, 0.717) is 25.1 Å². The van der Waals surface area contributed by atoms with Gasteiger partial charge in [0.05, 0.1) is 11.4 Å². The van der Waals surface area contributed by atoms with Crippen LogP contribution >= 0.6 is 0 Å². The van der Waals surface area contributed by atoms with E-state index in [4.69, 9.17) is 4.74 Å². The number of aromatic nitrogens is 1. The molecule has 0 spiro atoms. The lowest BCUT2D eigenvalue weighted by atomic mass is 10.1. The first-order valence-corrected chi connectivity index (χ1v) is 10.4. The van der Waals surface area contributed by atoms with Crippen molar-refractivity contribution in [2.75, 3.05) is 19.7 Å². The van der Waals surface area contributed by atoms with Crippen LogP contribution in [0.4, 0.5) is 0 Å². The molecule has 1 saturated carbocycles. The minimum absolute atomic E-state index is 0.0602. The number of piperidine rings is 1. The summed E-state index contributed by atoms with van der Waals surface area (Å²) < 4.78 is 33.5. The summed E-state index contributed by atoms with van der Waals surface area (Å²) in [6.45, 7) is 0.705. The van der Waals surface area contributed by atoms with Gasteiger partial charge in [-0.05, 0) is 37.8 Å². The zero-order chi connectivity index (χ0) is 17.7. The second kappa shape index (κ2) is 8.14. The van der Waals surface area contributed by atoms with Gasteiger partial charge in [-0.15, -0.1) is 0 Å². The van der Waals surface area contributed by atoms with Crippen LogP contribution in [0.5, 0.6) is 5.75 Å². The second-order valence-corrected chi connectivity index (χ2v) is 8.72. The molecule has 0 bridgehead atoms. The van der Waals surface area contributed by atoms with Crippen molar-refractivity contribution in [1.29, 1.82) is 0 Å². The molecule has 0 unspecified atom stereocenters. The van der Waals surface area contributed by atoms with Gasteiger partial charge >= 0.3 is 0 Å². The lowest BCUT2D eigenvalue weighted by Crippen LogP contribution is -2.50. The maximum Gasteiger partial charge on any atom is 0.260 e. The third-order valence-corrected chi connectivity index (χ3v) is 6.78. The average Bonchev–Trinajstić information content (AvgIpc) is 3.13. The summed E-state index contributed by atoms with van der Waals surface area (Å²) >= 11 is 0. The molecule has 1 aromatic heterocycles. The molecule has 1 amide bonds. The normalized spacial score (nSPS) is 22.1. The van der Waals surface area contributed by atoms with Crippen LogP contribution in [0.15, 0.2) is 24.5 Å². The maximum absolute atomic E-state index is 12.6. The molecule has 2 heterocycles. The summed E-state index contributed by atoms with van der Waals surface area (Å²) in [5.74, 6) is 0.338. The van der Waals surface area contributed by atoms with Crippen LogP contribution in [0.3, 0.4) is 0 Å². The molecule has 1 aromatic rings. The van der Waals surface area contributed by atoms with Gasteiger partial charge in [0, 0.05) is 25.3 Å². The Morgan fingerprint density at radius 3 is 2.80 bits per heavy atom. The van der Waals surface area contributed by atoms with Crippen molar-refractivity contribution in [3.8, 4) is 5.75 Å². The highest BCUT2D eigenvalue weighted by Gasteiger charge is 2.34. The van der Waals surface area contributed by atoms with Gasteiger partial charge < -0.3 is 9.64 Å². The zero-order valence-corrected chi connectivity index (χ0v) is 15.1. The smallest absolute Gasteiger partial charge is 0.260 e. The number of sulfonamides is 1. The summed E-state index contributed by atoms with van der Waals surface area (Å²) in [7, 11) is -3.40. The Kier molecular flexibility index (Phi) is 5.90. The van der Waals surface area contributed by atoms with Gasteiger partial charge in [-0.2, -0.15) is 0 Å². The van der Waals surface area contributed by atoms with Gasteiger partial charge in [-0.25, -0.2) is 13.1 Å². The number of hydrogen-bond acceptors (Lipinski definition) is 5. The third kappa shape index (κ3) is 4.92. The zero-order valence-electron chi connectivity index (χ0n) is 14.3. The summed E-state index contributed by atoms with van der Waals surface area (Å²) in [5.41, 5.74) is 0. The number of nitrogens with one attached hydrogen (secondary N) is 1. The summed E-state index contributed by atoms with van der Waals surface area (Å²) in [5, 5.41) is -0.538. The molecule has 0 aromatic carbocycles. The fraction of sp³-hybridized carbons (Fsp3) is 0.647. The van der Waals surface area contributed by atoms with Gasteiger partial charge in [-0.3, -0.25) is 9.78 Å². The molecule has 1 saturated heterocycles. The Bertz CT molecular complexity index is 674. The third-order valence-electron chi connectivity index (χ3n) is 4.85. The molecule has 0 radical (unpaired) electrons. The minimum atomic E-state index is -3.40. The van der Waals surface area contributed by atoms with Gasteiger partial charge in [0.1, 0.15) is 5.75 Å². The summed E-state index contributed by atoms with van der Waals surface area (Å²) in [6, 6.07) is 3.53. The van der Waals surface area contributed by atoms with Crippen LogP contribution in [0, 0.1) is 0 Å². The molecular weight excluding hydrogens is 342 g/mol. The van der Waals surface area contributed by atoms with Crippen molar-refractivity contribution in [3.63, 3.8) is 0 Å². The van der Waals surface area contributed by atoms with E-state index >= 15 is 0 Å². The van der Waals surface area contributed by atoms with Gasteiger partial charge in [0.15, 0.2) is 6.61 Å².